The van der Waals surface area contributed by atoms with Crippen LogP contribution in [0.3, 0.4) is 0 Å². The van der Waals surface area contributed by atoms with Crippen molar-refractivity contribution in [3.8, 4) is 5.75 Å². The molecule has 1 amide bonds. The lowest BCUT2D eigenvalue weighted by molar-refractivity contribution is -0.124. The predicted molar refractivity (Wildman–Crippen MR) is 113 cm³/mol. The molecule has 6 heteroatoms. The van der Waals surface area contributed by atoms with Gasteiger partial charge in [-0.2, -0.15) is 0 Å². The van der Waals surface area contributed by atoms with Gasteiger partial charge in [-0.15, -0.1) is 0 Å². The number of ether oxygens (including phenoxy) is 2. The van der Waals surface area contributed by atoms with Crippen molar-refractivity contribution in [3.63, 3.8) is 0 Å². The number of methoxy groups -OCH3 is 1. The number of aryl methyl sites for hydroxylation is 1. The average Bonchev–Trinajstić information content (AvgIpc) is 3.42. The van der Waals surface area contributed by atoms with Gasteiger partial charge in [0.25, 0.3) is 0 Å². The molecule has 1 aromatic carbocycles. The molecule has 0 spiro atoms. The van der Waals surface area contributed by atoms with Crippen molar-refractivity contribution in [3.05, 3.63) is 55.0 Å². The third kappa shape index (κ3) is 4.32. The molecular weight excluding hydrogens is 366 g/mol. The van der Waals surface area contributed by atoms with Gasteiger partial charge in [0.2, 0.25) is 5.91 Å². The average molecular weight is 396 g/mol. The molecule has 1 saturated heterocycles. The standard InChI is InChI=1S/C23H29N3O3/c1-28-20-5-6-21-19(17-20)7-14-25(21)11-4-10-24-22(27)18-23(8-15-29-16-9-23)26-12-2-3-13-26/h2-3,5-7,12-14,17H,4,8-11,15-16,18H2,1H3,(H,24,27). The van der Waals surface area contributed by atoms with Crippen molar-refractivity contribution in [1.29, 1.82) is 0 Å². The molecule has 4 rings (SSSR count). The van der Waals surface area contributed by atoms with Crippen molar-refractivity contribution in [2.45, 2.75) is 37.8 Å². The molecule has 0 atom stereocenters. The molecule has 1 fully saturated rings. The first kappa shape index (κ1) is 19.6. The van der Waals surface area contributed by atoms with Crippen LogP contribution in [0.1, 0.15) is 25.7 Å². The molecule has 0 aliphatic carbocycles. The highest BCUT2D eigenvalue weighted by molar-refractivity contribution is 5.81. The summed E-state index contributed by atoms with van der Waals surface area (Å²) in [7, 11) is 1.68. The summed E-state index contributed by atoms with van der Waals surface area (Å²) in [5, 5.41) is 4.29. The molecule has 0 saturated carbocycles. The van der Waals surface area contributed by atoms with Crippen LogP contribution < -0.4 is 10.1 Å². The third-order valence-electron chi connectivity index (χ3n) is 5.94. The Labute approximate surface area is 171 Å². The predicted octanol–water partition coefficient (Wildman–Crippen LogP) is 3.55. The van der Waals surface area contributed by atoms with Gasteiger partial charge in [-0.25, -0.2) is 0 Å². The van der Waals surface area contributed by atoms with E-state index in [2.05, 4.69) is 45.2 Å². The van der Waals surface area contributed by atoms with Gasteiger partial charge in [0.05, 0.1) is 19.1 Å². The maximum Gasteiger partial charge on any atom is 0.222 e. The summed E-state index contributed by atoms with van der Waals surface area (Å²) in [5.74, 6) is 0.981. The fourth-order valence-electron chi connectivity index (χ4n) is 4.27. The monoisotopic (exact) mass is 395 g/mol. The maximum atomic E-state index is 12.7. The van der Waals surface area contributed by atoms with Crippen LogP contribution in [0.2, 0.25) is 0 Å². The molecule has 0 bridgehead atoms. The number of rotatable bonds is 8. The Morgan fingerprint density at radius 1 is 1.17 bits per heavy atom. The first-order valence-corrected chi connectivity index (χ1v) is 10.3. The van der Waals surface area contributed by atoms with Crippen molar-refractivity contribution in [2.24, 2.45) is 0 Å². The van der Waals surface area contributed by atoms with Crippen molar-refractivity contribution in [2.75, 3.05) is 26.9 Å². The van der Waals surface area contributed by atoms with Crippen LogP contribution in [0.15, 0.2) is 55.0 Å². The minimum atomic E-state index is -0.165. The Bertz CT molecular complexity index is 940. The van der Waals surface area contributed by atoms with Gasteiger partial charge in [-0.05, 0) is 55.7 Å². The number of carbonyl (C=O) groups excluding carboxylic acids is 1. The second-order valence-corrected chi connectivity index (χ2v) is 7.74. The highest BCUT2D eigenvalue weighted by Gasteiger charge is 2.35. The van der Waals surface area contributed by atoms with Gasteiger partial charge in [-0.3, -0.25) is 4.79 Å². The number of aromatic nitrogens is 2. The number of carbonyl (C=O) groups is 1. The van der Waals surface area contributed by atoms with E-state index in [0.29, 0.717) is 26.2 Å². The number of hydrogen-bond acceptors (Lipinski definition) is 3. The van der Waals surface area contributed by atoms with E-state index in [-0.39, 0.29) is 11.4 Å². The second kappa shape index (κ2) is 8.74. The molecule has 3 aromatic rings. The van der Waals surface area contributed by atoms with Gasteiger partial charge in [0, 0.05) is 55.8 Å². The highest BCUT2D eigenvalue weighted by atomic mass is 16.5. The molecule has 154 valence electrons. The summed E-state index contributed by atoms with van der Waals surface area (Å²) in [4.78, 5) is 12.7. The fraction of sp³-hybridized carbons (Fsp3) is 0.435. The lowest BCUT2D eigenvalue weighted by Gasteiger charge is -2.38. The van der Waals surface area contributed by atoms with Crippen LogP contribution in [0.4, 0.5) is 0 Å². The van der Waals surface area contributed by atoms with E-state index in [4.69, 9.17) is 9.47 Å². The van der Waals surface area contributed by atoms with Crippen LogP contribution in [0, 0.1) is 0 Å². The van der Waals surface area contributed by atoms with Crippen molar-refractivity contribution in [1.82, 2.24) is 14.5 Å². The zero-order valence-electron chi connectivity index (χ0n) is 17.0. The Hall–Kier alpha value is -2.73. The Morgan fingerprint density at radius 3 is 2.72 bits per heavy atom. The fourth-order valence-corrected chi connectivity index (χ4v) is 4.27. The molecule has 3 heterocycles. The minimum Gasteiger partial charge on any atom is -0.497 e. The number of nitrogens with zero attached hydrogens (tertiary/aromatic N) is 2. The lowest BCUT2D eigenvalue weighted by atomic mass is 9.86. The van der Waals surface area contributed by atoms with E-state index < -0.39 is 0 Å². The van der Waals surface area contributed by atoms with Crippen molar-refractivity contribution >= 4 is 16.8 Å². The summed E-state index contributed by atoms with van der Waals surface area (Å²) in [5.41, 5.74) is 1.02. The maximum absolute atomic E-state index is 12.7. The quantitative estimate of drug-likeness (QED) is 0.594. The summed E-state index contributed by atoms with van der Waals surface area (Å²) < 4.78 is 15.2. The van der Waals surface area contributed by atoms with E-state index in [9.17, 15) is 4.79 Å². The zero-order valence-corrected chi connectivity index (χ0v) is 17.0. The normalized spacial score (nSPS) is 16.0. The molecule has 6 nitrogen and oxygen atoms in total. The first-order chi connectivity index (χ1) is 14.2. The first-order valence-electron chi connectivity index (χ1n) is 10.3. The van der Waals surface area contributed by atoms with Crippen LogP contribution >= 0.6 is 0 Å². The zero-order chi connectivity index (χ0) is 20.1. The third-order valence-corrected chi connectivity index (χ3v) is 5.94. The minimum absolute atomic E-state index is 0.114. The molecule has 29 heavy (non-hydrogen) atoms. The summed E-state index contributed by atoms with van der Waals surface area (Å²) in [6.07, 6.45) is 9.34. The van der Waals surface area contributed by atoms with Gasteiger partial charge in [0.15, 0.2) is 0 Å². The lowest BCUT2D eigenvalue weighted by Crippen LogP contribution is -2.43. The van der Waals surface area contributed by atoms with Crippen LogP contribution in [-0.2, 0) is 21.6 Å². The molecule has 0 unspecified atom stereocenters. The molecule has 2 aromatic heterocycles. The Kier molecular flexibility index (Phi) is 5.90. The summed E-state index contributed by atoms with van der Waals surface area (Å²) >= 11 is 0. The highest BCUT2D eigenvalue weighted by Crippen LogP contribution is 2.33. The summed E-state index contributed by atoms with van der Waals surface area (Å²) in [6.45, 7) is 2.95. The Morgan fingerprint density at radius 2 is 1.97 bits per heavy atom. The van der Waals surface area contributed by atoms with Crippen LogP contribution in [0.5, 0.6) is 5.75 Å². The number of hydrogen-bond donors (Lipinski definition) is 1. The van der Waals surface area contributed by atoms with Crippen molar-refractivity contribution < 1.29 is 14.3 Å². The van der Waals surface area contributed by atoms with Crippen LogP contribution in [-0.4, -0.2) is 41.9 Å². The van der Waals surface area contributed by atoms with E-state index >= 15 is 0 Å². The largest absolute Gasteiger partial charge is 0.497 e. The molecular formula is C23H29N3O3. The van der Waals surface area contributed by atoms with Gasteiger partial charge in [0.1, 0.15) is 5.75 Å². The van der Waals surface area contributed by atoms with E-state index in [0.717, 1.165) is 31.6 Å². The number of nitrogens with one attached hydrogen (secondary N) is 1. The summed E-state index contributed by atoms with van der Waals surface area (Å²) in [6, 6.07) is 12.2. The van der Waals surface area contributed by atoms with Gasteiger partial charge < -0.3 is 23.9 Å². The molecule has 1 aliphatic heterocycles. The van der Waals surface area contributed by atoms with E-state index in [1.165, 1.54) is 10.9 Å². The molecule has 0 radical (unpaired) electrons. The van der Waals surface area contributed by atoms with Gasteiger partial charge in [-0.1, -0.05) is 0 Å². The Balaban J connectivity index is 1.30. The SMILES string of the molecule is COc1ccc2c(ccn2CCCNC(=O)CC2(n3cccc3)CCOCC2)c1. The van der Waals surface area contributed by atoms with Crippen LogP contribution in [0.25, 0.3) is 10.9 Å². The number of amides is 1. The van der Waals surface area contributed by atoms with E-state index in [1.807, 2.05) is 24.3 Å². The number of fused-ring (bicyclic) bond motifs is 1. The topological polar surface area (TPSA) is 57.4 Å². The second-order valence-electron chi connectivity index (χ2n) is 7.74. The van der Waals surface area contributed by atoms with Gasteiger partial charge >= 0.3 is 0 Å². The smallest absolute Gasteiger partial charge is 0.222 e. The molecule has 1 aliphatic rings. The van der Waals surface area contributed by atoms with E-state index in [1.54, 1.807) is 7.11 Å². The number of benzene rings is 1. The molecule has 1 N–H and O–H groups in total.